The Bertz CT molecular complexity index is 463. The molecule has 9 heteroatoms. The lowest BCUT2D eigenvalue weighted by atomic mass is 10.2. The standard InChI is InChI=1S/C8H10F3N3O3/c1-4(6(15)16)14-5(12-13-7(14)17)2-3-8(9,10)11/h4H,2-3H2,1H3,(H,13,17)(H,15,16). The Hall–Kier alpha value is -1.80. The number of halogens is 3. The summed E-state index contributed by atoms with van der Waals surface area (Å²) in [5.74, 6) is -1.54. The van der Waals surface area contributed by atoms with E-state index in [1.165, 1.54) is 6.92 Å². The van der Waals surface area contributed by atoms with E-state index in [9.17, 15) is 22.8 Å². The lowest BCUT2D eigenvalue weighted by Crippen LogP contribution is -2.28. The predicted molar refractivity (Wildman–Crippen MR) is 49.6 cm³/mol. The average molecular weight is 253 g/mol. The molecule has 0 saturated heterocycles. The van der Waals surface area contributed by atoms with Gasteiger partial charge in [-0.1, -0.05) is 0 Å². The maximum absolute atomic E-state index is 12.0. The van der Waals surface area contributed by atoms with Crippen LogP contribution in [0.1, 0.15) is 25.2 Å². The zero-order valence-electron chi connectivity index (χ0n) is 8.78. The van der Waals surface area contributed by atoms with Gasteiger partial charge in [-0.25, -0.2) is 14.7 Å². The normalized spacial score (nSPS) is 13.6. The van der Waals surface area contributed by atoms with E-state index in [4.69, 9.17) is 5.11 Å². The summed E-state index contributed by atoms with van der Waals surface area (Å²) in [6.45, 7) is 1.19. The molecule has 0 aromatic carbocycles. The summed E-state index contributed by atoms with van der Waals surface area (Å²) in [4.78, 5) is 21.9. The number of carbonyl (C=O) groups is 1. The maximum atomic E-state index is 12.0. The molecule has 1 unspecified atom stereocenters. The predicted octanol–water partition coefficient (Wildman–Crippen LogP) is 0.712. The number of nitrogens with zero attached hydrogens (tertiary/aromatic N) is 2. The first kappa shape index (κ1) is 13.3. The fourth-order valence-corrected chi connectivity index (χ4v) is 1.28. The Kier molecular flexibility index (Phi) is 3.59. The van der Waals surface area contributed by atoms with Gasteiger partial charge in [-0.2, -0.15) is 18.3 Å². The fraction of sp³-hybridized carbons (Fsp3) is 0.625. The van der Waals surface area contributed by atoms with Crippen molar-refractivity contribution in [3.63, 3.8) is 0 Å². The number of hydrogen-bond donors (Lipinski definition) is 2. The molecular formula is C8H10F3N3O3. The van der Waals surface area contributed by atoms with Crippen LogP contribution in [0.3, 0.4) is 0 Å². The Morgan fingerprint density at radius 1 is 1.59 bits per heavy atom. The molecule has 0 aliphatic heterocycles. The van der Waals surface area contributed by atoms with E-state index in [0.29, 0.717) is 4.57 Å². The van der Waals surface area contributed by atoms with Gasteiger partial charge in [0.2, 0.25) is 0 Å². The molecule has 0 bridgehead atoms. The number of aliphatic carboxylic acids is 1. The van der Waals surface area contributed by atoms with Crippen molar-refractivity contribution in [3.05, 3.63) is 16.3 Å². The highest BCUT2D eigenvalue weighted by Gasteiger charge is 2.29. The molecule has 96 valence electrons. The Morgan fingerprint density at radius 3 is 2.65 bits per heavy atom. The number of aromatic amines is 1. The van der Waals surface area contributed by atoms with Crippen LogP contribution in [0, 0.1) is 0 Å². The van der Waals surface area contributed by atoms with Gasteiger partial charge in [-0.15, -0.1) is 0 Å². The number of aromatic nitrogens is 3. The summed E-state index contributed by atoms with van der Waals surface area (Å²) in [5.41, 5.74) is -0.836. The molecule has 0 saturated carbocycles. The number of aryl methyl sites for hydroxylation is 1. The molecule has 1 rings (SSSR count). The smallest absolute Gasteiger partial charge is 0.389 e. The highest BCUT2D eigenvalue weighted by molar-refractivity contribution is 5.71. The number of H-pyrrole nitrogens is 1. The summed E-state index contributed by atoms with van der Waals surface area (Å²) in [7, 11) is 0. The first-order chi connectivity index (χ1) is 7.72. The van der Waals surface area contributed by atoms with Crippen LogP contribution in [-0.2, 0) is 11.2 Å². The molecule has 0 spiro atoms. The Labute approximate surface area is 93.1 Å². The van der Waals surface area contributed by atoms with Gasteiger partial charge in [-0.05, 0) is 6.92 Å². The summed E-state index contributed by atoms with van der Waals surface area (Å²) < 4.78 is 36.7. The first-order valence-electron chi connectivity index (χ1n) is 4.67. The minimum atomic E-state index is -4.38. The number of nitrogens with one attached hydrogen (secondary N) is 1. The lowest BCUT2D eigenvalue weighted by Gasteiger charge is -2.10. The van der Waals surface area contributed by atoms with E-state index in [1.807, 2.05) is 5.10 Å². The fourth-order valence-electron chi connectivity index (χ4n) is 1.28. The van der Waals surface area contributed by atoms with Crippen LogP contribution in [0.5, 0.6) is 0 Å². The van der Waals surface area contributed by atoms with Crippen molar-refractivity contribution < 1.29 is 23.1 Å². The van der Waals surface area contributed by atoms with Crippen LogP contribution >= 0.6 is 0 Å². The molecule has 0 aliphatic carbocycles. The minimum Gasteiger partial charge on any atom is -0.480 e. The van der Waals surface area contributed by atoms with E-state index in [-0.39, 0.29) is 5.82 Å². The van der Waals surface area contributed by atoms with Crippen molar-refractivity contribution in [3.8, 4) is 0 Å². The van der Waals surface area contributed by atoms with Gasteiger partial charge in [0.15, 0.2) is 0 Å². The maximum Gasteiger partial charge on any atom is 0.389 e. The summed E-state index contributed by atoms with van der Waals surface area (Å²) in [6.07, 6.45) is -6.09. The molecule has 1 aromatic heterocycles. The Morgan fingerprint density at radius 2 is 2.18 bits per heavy atom. The molecule has 1 aromatic rings. The van der Waals surface area contributed by atoms with Crippen molar-refractivity contribution in [2.75, 3.05) is 0 Å². The number of carboxylic acids is 1. The van der Waals surface area contributed by atoms with E-state index in [0.717, 1.165) is 0 Å². The van der Waals surface area contributed by atoms with E-state index >= 15 is 0 Å². The molecule has 1 heterocycles. The second-order valence-corrected chi connectivity index (χ2v) is 3.44. The van der Waals surface area contributed by atoms with Crippen molar-refractivity contribution >= 4 is 5.97 Å². The van der Waals surface area contributed by atoms with Crippen LogP contribution < -0.4 is 5.69 Å². The molecule has 2 N–H and O–H groups in total. The number of carboxylic acid groups (broad SMARTS) is 1. The number of rotatable bonds is 4. The lowest BCUT2D eigenvalue weighted by molar-refractivity contribution is -0.140. The largest absolute Gasteiger partial charge is 0.480 e. The second kappa shape index (κ2) is 4.60. The van der Waals surface area contributed by atoms with Gasteiger partial charge in [0.25, 0.3) is 0 Å². The van der Waals surface area contributed by atoms with E-state index < -0.39 is 36.7 Å². The van der Waals surface area contributed by atoms with Crippen molar-refractivity contribution in [2.24, 2.45) is 0 Å². The first-order valence-corrected chi connectivity index (χ1v) is 4.67. The molecular weight excluding hydrogens is 243 g/mol. The third-order valence-corrected chi connectivity index (χ3v) is 2.15. The van der Waals surface area contributed by atoms with Crippen molar-refractivity contribution in [2.45, 2.75) is 32.0 Å². The third-order valence-electron chi connectivity index (χ3n) is 2.15. The Balaban J connectivity index is 2.95. The van der Waals surface area contributed by atoms with E-state index in [1.54, 1.807) is 0 Å². The third kappa shape index (κ3) is 3.33. The second-order valence-electron chi connectivity index (χ2n) is 3.44. The molecule has 1 atom stereocenters. The summed E-state index contributed by atoms with van der Waals surface area (Å²) >= 11 is 0. The zero-order valence-corrected chi connectivity index (χ0v) is 8.78. The highest BCUT2D eigenvalue weighted by Crippen LogP contribution is 2.21. The van der Waals surface area contributed by atoms with Crippen LogP contribution in [0.2, 0.25) is 0 Å². The summed E-state index contributed by atoms with van der Waals surface area (Å²) in [5, 5.41) is 14.0. The molecule has 0 amide bonds. The van der Waals surface area contributed by atoms with E-state index in [2.05, 4.69) is 5.10 Å². The average Bonchev–Trinajstić information content (AvgIpc) is 2.54. The molecule has 0 fully saturated rings. The van der Waals surface area contributed by atoms with Gasteiger partial charge in [0, 0.05) is 6.42 Å². The van der Waals surface area contributed by atoms with Gasteiger partial charge in [0.1, 0.15) is 11.9 Å². The quantitative estimate of drug-likeness (QED) is 0.827. The van der Waals surface area contributed by atoms with Gasteiger partial charge in [0.05, 0.1) is 6.42 Å². The van der Waals surface area contributed by atoms with Crippen LogP contribution in [0.25, 0.3) is 0 Å². The topological polar surface area (TPSA) is 88.0 Å². The molecule has 6 nitrogen and oxygen atoms in total. The summed E-state index contributed by atoms with van der Waals surface area (Å²) in [6, 6.07) is -1.26. The molecule has 0 aliphatic rings. The molecule has 17 heavy (non-hydrogen) atoms. The minimum absolute atomic E-state index is 0.220. The number of hydrogen-bond acceptors (Lipinski definition) is 3. The zero-order chi connectivity index (χ0) is 13.2. The van der Waals surface area contributed by atoms with Crippen LogP contribution in [0.15, 0.2) is 4.79 Å². The van der Waals surface area contributed by atoms with Crippen LogP contribution in [0.4, 0.5) is 13.2 Å². The van der Waals surface area contributed by atoms with Gasteiger partial charge in [-0.3, -0.25) is 4.57 Å². The van der Waals surface area contributed by atoms with Crippen molar-refractivity contribution in [1.82, 2.24) is 14.8 Å². The van der Waals surface area contributed by atoms with Crippen molar-refractivity contribution in [1.29, 1.82) is 0 Å². The van der Waals surface area contributed by atoms with Crippen LogP contribution in [-0.4, -0.2) is 32.0 Å². The van der Waals surface area contributed by atoms with Gasteiger partial charge >= 0.3 is 17.8 Å². The highest BCUT2D eigenvalue weighted by atomic mass is 19.4. The SMILES string of the molecule is CC(C(=O)O)n1c(CCC(F)(F)F)n[nH]c1=O. The number of alkyl halides is 3. The molecule has 0 radical (unpaired) electrons. The van der Waals surface area contributed by atoms with Gasteiger partial charge < -0.3 is 5.11 Å². The monoisotopic (exact) mass is 253 g/mol.